The van der Waals surface area contributed by atoms with Gasteiger partial charge in [0.1, 0.15) is 5.82 Å². The van der Waals surface area contributed by atoms with E-state index in [1.807, 2.05) is 47.5 Å². The van der Waals surface area contributed by atoms with Crippen LogP contribution in [0, 0.1) is 0 Å². The van der Waals surface area contributed by atoms with Gasteiger partial charge in [-0.15, -0.1) is 0 Å². The highest BCUT2D eigenvalue weighted by Crippen LogP contribution is 2.34. The molecule has 2 aromatic heterocycles. The lowest BCUT2D eigenvalue weighted by atomic mass is 9.90. The lowest BCUT2D eigenvalue weighted by Crippen LogP contribution is -2.45. The molecule has 33 heavy (non-hydrogen) atoms. The van der Waals surface area contributed by atoms with Crippen molar-refractivity contribution in [1.82, 2.24) is 25.0 Å². The Morgan fingerprint density at radius 2 is 1.88 bits per heavy atom. The minimum Gasteiger partial charge on any atom is -0.354 e. The van der Waals surface area contributed by atoms with Crippen LogP contribution >= 0.6 is 11.6 Å². The Balaban J connectivity index is 1.32. The Labute approximate surface area is 199 Å². The SMILES string of the molecule is CN1CCN(c2cc(C(=O)N3CCC[C@@H](c4[nH]ncc4-c4ccc(Cl)cc4)C3)ccn2)CC1. The van der Waals surface area contributed by atoms with Crippen LogP contribution in [0.5, 0.6) is 0 Å². The lowest BCUT2D eigenvalue weighted by Gasteiger charge is -2.34. The fourth-order valence-corrected chi connectivity index (χ4v) is 4.93. The zero-order valence-corrected chi connectivity index (χ0v) is 19.6. The summed E-state index contributed by atoms with van der Waals surface area (Å²) in [5.41, 5.74) is 3.95. The van der Waals surface area contributed by atoms with E-state index in [0.717, 1.165) is 68.2 Å². The van der Waals surface area contributed by atoms with Crippen molar-refractivity contribution in [2.75, 3.05) is 51.2 Å². The molecule has 2 aliphatic heterocycles. The van der Waals surface area contributed by atoms with Gasteiger partial charge in [-0.2, -0.15) is 5.10 Å². The number of halogens is 1. The number of carbonyl (C=O) groups is 1. The maximum atomic E-state index is 13.4. The molecule has 0 bridgehead atoms. The largest absolute Gasteiger partial charge is 0.354 e. The molecule has 5 rings (SSSR count). The van der Waals surface area contributed by atoms with Gasteiger partial charge in [0.15, 0.2) is 0 Å². The molecule has 0 aliphatic carbocycles. The van der Waals surface area contributed by atoms with Crippen LogP contribution in [0.2, 0.25) is 5.02 Å². The molecule has 1 N–H and O–H groups in total. The molecule has 2 saturated heterocycles. The Morgan fingerprint density at radius 3 is 2.67 bits per heavy atom. The number of piperidine rings is 1. The standard InChI is InChI=1S/C25H29ClN6O/c1-30-11-13-31(14-12-30)23-15-19(8-9-27-23)25(33)32-10-2-3-20(17-32)24-22(16-28-29-24)18-4-6-21(26)7-5-18/h4-9,15-16,20H,2-3,10-14,17H2,1H3,(H,28,29)/t20-/m1/s1. The second-order valence-electron chi connectivity index (χ2n) is 8.99. The number of nitrogens with zero attached hydrogens (tertiary/aromatic N) is 5. The number of piperazine rings is 1. The van der Waals surface area contributed by atoms with E-state index in [1.165, 1.54) is 0 Å². The van der Waals surface area contributed by atoms with Crippen LogP contribution in [0.3, 0.4) is 0 Å². The maximum Gasteiger partial charge on any atom is 0.254 e. The van der Waals surface area contributed by atoms with Gasteiger partial charge in [-0.25, -0.2) is 4.98 Å². The molecule has 0 spiro atoms. The smallest absolute Gasteiger partial charge is 0.254 e. The van der Waals surface area contributed by atoms with Crippen molar-refractivity contribution in [2.45, 2.75) is 18.8 Å². The molecule has 4 heterocycles. The van der Waals surface area contributed by atoms with Gasteiger partial charge in [-0.1, -0.05) is 23.7 Å². The lowest BCUT2D eigenvalue weighted by molar-refractivity contribution is 0.0706. The number of likely N-dealkylation sites (N-methyl/N-ethyl adjacent to an activating group) is 1. The number of anilines is 1. The van der Waals surface area contributed by atoms with Gasteiger partial charge in [-0.3, -0.25) is 9.89 Å². The number of carbonyl (C=O) groups excluding carboxylic acids is 1. The molecule has 7 nitrogen and oxygen atoms in total. The van der Waals surface area contributed by atoms with Crippen LogP contribution in [0.15, 0.2) is 48.8 Å². The average Bonchev–Trinajstić information content (AvgIpc) is 3.35. The van der Waals surface area contributed by atoms with Crippen molar-refractivity contribution < 1.29 is 4.79 Å². The molecule has 172 valence electrons. The van der Waals surface area contributed by atoms with Gasteiger partial charge >= 0.3 is 0 Å². The third-order valence-corrected chi connectivity index (χ3v) is 7.01. The Kier molecular flexibility index (Phi) is 6.33. The van der Waals surface area contributed by atoms with Gasteiger partial charge in [0.2, 0.25) is 0 Å². The van der Waals surface area contributed by atoms with Crippen molar-refractivity contribution in [3.05, 3.63) is 65.1 Å². The molecule has 0 unspecified atom stereocenters. The van der Waals surface area contributed by atoms with Crippen LogP contribution in [-0.4, -0.2) is 77.2 Å². The highest BCUT2D eigenvalue weighted by Gasteiger charge is 2.29. The number of hydrogen-bond donors (Lipinski definition) is 1. The number of benzene rings is 1. The zero-order valence-electron chi connectivity index (χ0n) is 18.9. The molecule has 1 amide bonds. The molecule has 2 fully saturated rings. The Hall–Kier alpha value is -2.90. The predicted molar refractivity (Wildman–Crippen MR) is 131 cm³/mol. The molecule has 1 atom stereocenters. The summed E-state index contributed by atoms with van der Waals surface area (Å²) in [5.74, 6) is 1.18. The molecule has 8 heteroatoms. The van der Waals surface area contributed by atoms with E-state index in [9.17, 15) is 4.79 Å². The summed E-state index contributed by atoms with van der Waals surface area (Å²) in [5, 5.41) is 8.23. The maximum absolute atomic E-state index is 13.4. The molecular weight excluding hydrogens is 436 g/mol. The summed E-state index contributed by atoms with van der Waals surface area (Å²) in [6, 6.07) is 11.6. The number of likely N-dealkylation sites (tertiary alicyclic amines) is 1. The Morgan fingerprint density at radius 1 is 1.09 bits per heavy atom. The first kappa shape index (κ1) is 21.9. The van der Waals surface area contributed by atoms with E-state index in [0.29, 0.717) is 17.1 Å². The molecule has 3 aromatic rings. The van der Waals surface area contributed by atoms with E-state index in [2.05, 4.69) is 32.0 Å². The zero-order chi connectivity index (χ0) is 22.8. The highest BCUT2D eigenvalue weighted by molar-refractivity contribution is 6.30. The topological polar surface area (TPSA) is 68.4 Å². The third-order valence-electron chi connectivity index (χ3n) is 6.76. The summed E-state index contributed by atoms with van der Waals surface area (Å²) in [7, 11) is 2.13. The number of aromatic amines is 1. The van der Waals surface area contributed by atoms with Crippen LogP contribution in [-0.2, 0) is 0 Å². The summed E-state index contributed by atoms with van der Waals surface area (Å²) in [6.45, 7) is 5.32. The molecule has 0 saturated carbocycles. The fourth-order valence-electron chi connectivity index (χ4n) is 4.81. The van der Waals surface area contributed by atoms with Crippen LogP contribution in [0.4, 0.5) is 5.82 Å². The summed E-state index contributed by atoms with van der Waals surface area (Å²) in [4.78, 5) is 24.5. The summed E-state index contributed by atoms with van der Waals surface area (Å²) in [6.07, 6.45) is 5.61. The number of nitrogens with one attached hydrogen (secondary N) is 1. The normalized spacial score (nSPS) is 19.6. The predicted octanol–water partition coefficient (Wildman–Crippen LogP) is 3.90. The molecule has 2 aliphatic rings. The van der Waals surface area contributed by atoms with E-state index in [1.54, 1.807) is 6.20 Å². The van der Waals surface area contributed by atoms with Crippen molar-refractivity contribution in [2.24, 2.45) is 0 Å². The van der Waals surface area contributed by atoms with Crippen LogP contribution in [0.25, 0.3) is 11.1 Å². The third kappa shape index (κ3) is 4.75. The molecular formula is C25H29ClN6O. The van der Waals surface area contributed by atoms with Gasteiger partial charge < -0.3 is 14.7 Å². The van der Waals surface area contributed by atoms with Gasteiger partial charge in [0.05, 0.1) is 6.20 Å². The van der Waals surface area contributed by atoms with Gasteiger partial charge in [0.25, 0.3) is 5.91 Å². The number of hydrogen-bond acceptors (Lipinski definition) is 5. The summed E-state index contributed by atoms with van der Waals surface area (Å²) < 4.78 is 0. The van der Waals surface area contributed by atoms with E-state index < -0.39 is 0 Å². The fraction of sp³-hybridized carbons (Fsp3) is 0.400. The number of pyridine rings is 1. The first-order valence-electron chi connectivity index (χ1n) is 11.6. The van der Waals surface area contributed by atoms with E-state index >= 15 is 0 Å². The average molecular weight is 465 g/mol. The Bertz CT molecular complexity index is 1110. The summed E-state index contributed by atoms with van der Waals surface area (Å²) >= 11 is 6.06. The number of aromatic nitrogens is 3. The second-order valence-corrected chi connectivity index (χ2v) is 9.42. The van der Waals surface area contributed by atoms with Crippen molar-refractivity contribution in [1.29, 1.82) is 0 Å². The second kappa shape index (κ2) is 9.53. The molecule has 0 radical (unpaired) electrons. The van der Waals surface area contributed by atoms with Gasteiger partial charge in [-0.05, 0) is 49.7 Å². The number of rotatable bonds is 4. The van der Waals surface area contributed by atoms with Crippen LogP contribution in [0.1, 0.15) is 34.8 Å². The van der Waals surface area contributed by atoms with Crippen molar-refractivity contribution >= 4 is 23.3 Å². The monoisotopic (exact) mass is 464 g/mol. The van der Waals surface area contributed by atoms with Crippen LogP contribution < -0.4 is 4.90 Å². The minimum absolute atomic E-state index is 0.0741. The van der Waals surface area contributed by atoms with Crippen molar-refractivity contribution in [3.8, 4) is 11.1 Å². The minimum atomic E-state index is 0.0741. The van der Waals surface area contributed by atoms with Crippen molar-refractivity contribution in [3.63, 3.8) is 0 Å². The highest BCUT2D eigenvalue weighted by atomic mass is 35.5. The quantitative estimate of drug-likeness (QED) is 0.634. The first-order valence-corrected chi connectivity index (χ1v) is 11.9. The van der Waals surface area contributed by atoms with E-state index in [4.69, 9.17) is 11.6 Å². The molecule has 1 aromatic carbocycles. The first-order chi connectivity index (χ1) is 16.1. The van der Waals surface area contributed by atoms with Gasteiger partial charge in [0, 0.05) is 73.2 Å². The van der Waals surface area contributed by atoms with E-state index in [-0.39, 0.29) is 11.8 Å². The number of H-pyrrole nitrogens is 1. The number of amides is 1.